The van der Waals surface area contributed by atoms with Gasteiger partial charge in [-0.15, -0.1) is 0 Å². The maximum absolute atomic E-state index is 12.5. The fourth-order valence-electron chi connectivity index (χ4n) is 3.29. The summed E-state index contributed by atoms with van der Waals surface area (Å²) in [5, 5.41) is 0. The zero-order valence-corrected chi connectivity index (χ0v) is 12.1. The van der Waals surface area contributed by atoms with Gasteiger partial charge >= 0.3 is 0 Å². The molecule has 108 valence electrons. The summed E-state index contributed by atoms with van der Waals surface area (Å²) >= 11 is 0. The van der Waals surface area contributed by atoms with Crippen molar-refractivity contribution in [2.45, 2.75) is 63.4 Å². The van der Waals surface area contributed by atoms with Gasteiger partial charge in [0.25, 0.3) is 0 Å². The van der Waals surface area contributed by atoms with E-state index in [2.05, 4.69) is 12.1 Å². The molecular formula is C18H24O2. The third kappa shape index (κ3) is 3.12. The van der Waals surface area contributed by atoms with E-state index in [1.165, 1.54) is 37.7 Å². The molecule has 2 nitrogen and oxygen atoms in total. The van der Waals surface area contributed by atoms with Gasteiger partial charge in [0.05, 0.1) is 6.10 Å². The average Bonchev–Trinajstić information content (AvgIpc) is 2.45. The van der Waals surface area contributed by atoms with Gasteiger partial charge in [-0.2, -0.15) is 0 Å². The molecule has 2 aliphatic rings. The molecule has 1 saturated carbocycles. The third-order valence-electron chi connectivity index (χ3n) is 4.77. The maximum Gasteiger partial charge on any atom is 0.163 e. The van der Waals surface area contributed by atoms with Crippen LogP contribution in [0.5, 0.6) is 0 Å². The smallest absolute Gasteiger partial charge is 0.163 e. The van der Waals surface area contributed by atoms with E-state index >= 15 is 0 Å². The molecule has 1 unspecified atom stereocenters. The molecule has 0 spiro atoms. The lowest BCUT2D eigenvalue weighted by atomic mass is 9.77. The quantitative estimate of drug-likeness (QED) is 0.738. The summed E-state index contributed by atoms with van der Waals surface area (Å²) in [5.41, 5.74) is 2.25. The van der Waals surface area contributed by atoms with Crippen molar-refractivity contribution < 1.29 is 9.53 Å². The Labute approximate surface area is 121 Å². The average molecular weight is 272 g/mol. The second-order valence-corrected chi connectivity index (χ2v) is 6.17. The monoisotopic (exact) mass is 272 g/mol. The highest BCUT2D eigenvalue weighted by Gasteiger charge is 2.24. The van der Waals surface area contributed by atoms with Crippen molar-refractivity contribution in [2.24, 2.45) is 0 Å². The van der Waals surface area contributed by atoms with Crippen molar-refractivity contribution in [1.29, 1.82) is 0 Å². The first-order valence-corrected chi connectivity index (χ1v) is 8.08. The second-order valence-electron chi connectivity index (χ2n) is 6.17. The van der Waals surface area contributed by atoms with Crippen LogP contribution in [-0.4, -0.2) is 18.5 Å². The van der Waals surface area contributed by atoms with E-state index < -0.39 is 0 Å². The van der Waals surface area contributed by atoms with E-state index in [1.54, 1.807) is 0 Å². The van der Waals surface area contributed by atoms with Crippen molar-refractivity contribution in [1.82, 2.24) is 0 Å². The number of hydrogen-bond donors (Lipinski definition) is 0. The predicted molar refractivity (Wildman–Crippen MR) is 80.2 cm³/mol. The fraction of sp³-hybridized carbons (Fsp3) is 0.611. The first kappa shape index (κ1) is 13.8. The van der Waals surface area contributed by atoms with Gasteiger partial charge in [-0.25, -0.2) is 0 Å². The van der Waals surface area contributed by atoms with E-state index in [0.29, 0.717) is 24.2 Å². The van der Waals surface area contributed by atoms with Crippen molar-refractivity contribution >= 4 is 5.78 Å². The molecule has 3 rings (SSSR count). The van der Waals surface area contributed by atoms with E-state index in [9.17, 15) is 4.79 Å². The van der Waals surface area contributed by atoms with Gasteiger partial charge < -0.3 is 4.74 Å². The molecule has 1 aromatic carbocycles. The summed E-state index contributed by atoms with van der Waals surface area (Å²) in [6, 6.07) is 8.22. The standard InChI is InChI=1S/C18H24O2/c19-18(12-11-15-8-3-4-13-20-15)17-10-2-1-9-16(17)14-6-5-7-14/h1-2,9-10,14-15H,3-8,11-13H2. The van der Waals surface area contributed by atoms with Crippen molar-refractivity contribution in [3.05, 3.63) is 35.4 Å². The Kier molecular flexibility index (Phi) is 4.51. The molecule has 1 heterocycles. The van der Waals surface area contributed by atoms with Crippen LogP contribution in [0.25, 0.3) is 0 Å². The van der Waals surface area contributed by atoms with Crippen LogP contribution in [0.15, 0.2) is 24.3 Å². The minimum Gasteiger partial charge on any atom is -0.378 e. The van der Waals surface area contributed by atoms with Gasteiger partial charge in [-0.3, -0.25) is 4.79 Å². The first-order valence-electron chi connectivity index (χ1n) is 8.08. The number of Topliss-reactive ketones (excluding diaryl/α,β-unsaturated/α-hetero) is 1. The molecule has 0 N–H and O–H groups in total. The summed E-state index contributed by atoms with van der Waals surface area (Å²) in [5.74, 6) is 0.933. The maximum atomic E-state index is 12.5. The Morgan fingerprint density at radius 2 is 1.95 bits per heavy atom. The van der Waals surface area contributed by atoms with Crippen molar-refractivity contribution in [3.8, 4) is 0 Å². The third-order valence-corrected chi connectivity index (χ3v) is 4.77. The van der Waals surface area contributed by atoms with Gasteiger partial charge in [-0.1, -0.05) is 30.7 Å². The molecule has 1 atom stereocenters. The van der Waals surface area contributed by atoms with E-state index in [-0.39, 0.29) is 0 Å². The molecule has 0 amide bonds. The van der Waals surface area contributed by atoms with Gasteiger partial charge in [0.1, 0.15) is 0 Å². The van der Waals surface area contributed by atoms with Gasteiger partial charge in [0, 0.05) is 18.6 Å². The van der Waals surface area contributed by atoms with E-state index in [0.717, 1.165) is 25.0 Å². The van der Waals surface area contributed by atoms with Gasteiger partial charge in [0.2, 0.25) is 0 Å². The number of carbonyl (C=O) groups excluding carboxylic acids is 1. The molecule has 1 aromatic rings. The summed E-state index contributed by atoms with van der Waals surface area (Å²) in [4.78, 5) is 12.5. The molecule has 2 fully saturated rings. The number of rotatable bonds is 5. The molecule has 1 aliphatic heterocycles. The Morgan fingerprint density at radius 3 is 2.65 bits per heavy atom. The largest absolute Gasteiger partial charge is 0.378 e. The minimum absolute atomic E-state index is 0.307. The number of ketones is 1. The van der Waals surface area contributed by atoms with E-state index in [4.69, 9.17) is 4.74 Å². The molecule has 0 aromatic heterocycles. The zero-order chi connectivity index (χ0) is 13.8. The lowest BCUT2D eigenvalue weighted by Crippen LogP contribution is -2.20. The number of ether oxygens (including phenoxy) is 1. The zero-order valence-electron chi connectivity index (χ0n) is 12.1. The van der Waals surface area contributed by atoms with Crippen LogP contribution in [0.3, 0.4) is 0 Å². The van der Waals surface area contributed by atoms with Gasteiger partial charge in [0.15, 0.2) is 5.78 Å². The topological polar surface area (TPSA) is 26.3 Å². The summed E-state index contributed by atoms with van der Waals surface area (Å²) in [7, 11) is 0. The van der Waals surface area contributed by atoms with E-state index in [1.807, 2.05) is 12.1 Å². The molecule has 0 bridgehead atoms. The number of benzene rings is 1. The Hall–Kier alpha value is -1.15. The first-order chi connectivity index (χ1) is 9.84. The fourth-order valence-corrected chi connectivity index (χ4v) is 3.29. The highest BCUT2D eigenvalue weighted by atomic mass is 16.5. The second kappa shape index (κ2) is 6.53. The van der Waals surface area contributed by atoms with Gasteiger partial charge in [-0.05, 0) is 50.0 Å². The predicted octanol–water partition coefficient (Wildman–Crippen LogP) is 4.49. The molecule has 0 radical (unpaired) electrons. The van der Waals surface area contributed by atoms with Crippen LogP contribution in [0.1, 0.15) is 73.2 Å². The Balaban J connectivity index is 1.61. The lowest BCUT2D eigenvalue weighted by molar-refractivity contribution is 0.0104. The van der Waals surface area contributed by atoms with Crippen LogP contribution in [0, 0.1) is 0 Å². The van der Waals surface area contributed by atoms with Crippen LogP contribution in [0.2, 0.25) is 0 Å². The molecule has 20 heavy (non-hydrogen) atoms. The Bertz CT molecular complexity index is 456. The SMILES string of the molecule is O=C(CCC1CCCCO1)c1ccccc1C1CCC1. The van der Waals surface area contributed by atoms with Crippen LogP contribution >= 0.6 is 0 Å². The lowest BCUT2D eigenvalue weighted by Gasteiger charge is -2.28. The van der Waals surface area contributed by atoms with Crippen molar-refractivity contribution in [3.63, 3.8) is 0 Å². The minimum atomic E-state index is 0.307. The normalized spacial score (nSPS) is 23.3. The number of carbonyl (C=O) groups is 1. The molecule has 1 aliphatic carbocycles. The highest BCUT2D eigenvalue weighted by molar-refractivity contribution is 5.97. The molecule has 1 saturated heterocycles. The van der Waals surface area contributed by atoms with Crippen LogP contribution in [0.4, 0.5) is 0 Å². The summed E-state index contributed by atoms with van der Waals surface area (Å²) < 4.78 is 5.72. The molecule has 2 heteroatoms. The van der Waals surface area contributed by atoms with Crippen LogP contribution in [-0.2, 0) is 4.74 Å². The Morgan fingerprint density at radius 1 is 1.10 bits per heavy atom. The summed E-state index contributed by atoms with van der Waals surface area (Å²) in [6.45, 7) is 0.873. The number of hydrogen-bond acceptors (Lipinski definition) is 2. The molecular weight excluding hydrogens is 248 g/mol. The highest BCUT2D eigenvalue weighted by Crippen LogP contribution is 2.38. The van der Waals surface area contributed by atoms with Crippen molar-refractivity contribution in [2.75, 3.05) is 6.61 Å². The van der Waals surface area contributed by atoms with Crippen LogP contribution < -0.4 is 0 Å². The summed E-state index contributed by atoms with van der Waals surface area (Å²) in [6.07, 6.45) is 9.18.